The van der Waals surface area contributed by atoms with Crippen LogP contribution >= 0.6 is 23.2 Å². The number of halogens is 3. The van der Waals surface area contributed by atoms with E-state index >= 15 is 0 Å². The van der Waals surface area contributed by atoms with Crippen molar-refractivity contribution in [2.24, 2.45) is 0 Å². The molecule has 2 aromatic carbocycles. The molecule has 0 bridgehead atoms. The van der Waals surface area contributed by atoms with E-state index in [9.17, 15) is 18.8 Å². The highest BCUT2D eigenvalue weighted by Gasteiger charge is 2.34. The van der Waals surface area contributed by atoms with E-state index in [1.54, 1.807) is 19.9 Å². The molecule has 1 aliphatic rings. The van der Waals surface area contributed by atoms with Gasteiger partial charge >= 0.3 is 0 Å². The maximum absolute atomic E-state index is 13.1. The molecule has 1 saturated heterocycles. The first kappa shape index (κ1) is 22.1. The van der Waals surface area contributed by atoms with Crippen LogP contribution in [-0.4, -0.2) is 53.3 Å². The van der Waals surface area contributed by atoms with E-state index in [4.69, 9.17) is 23.2 Å². The molecule has 6 nitrogen and oxygen atoms in total. The first-order chi connectivity index (χ1) is 14.2. The normalized spacial score (nSPS) is 13.9. The lowest BCUT2D eigenvalue weighted by atomic mass is 10.1. The molecule has 0 saturated carbocycles. The zero-order chi connectivity index (χ0) is 22.0. The lowest BCUT2D eigenvalue weighted by Gasteiger charge is -2.28. The van der Waals surface area contributed by atoms with Crippen molar-refractivity contribution in [1.82, 2.24) is 9.80 Å². The van der Waals surface area contributed by atoms with Gasteiger partial charge in [-0.05, 0) is 56.3 Å². The first-order valence-electron chi connectivity index (χ1n) is 9.27. The monoisotopic (exact) mass is 451 g/mol. The second-order valence-electron chi connectivity index (χ2n) is 7.18. The second-order valence-corrected chi connectivity index (χ2v) is 8.03. The van der Waals surface area contributed by atoms with Crippen LogP contribution in [0.15, 0.2) is 42.5 Å². The Morgan fingerprint density at radius 2 is 1.80 bits per heavy atom. The van der Waals surface area contributed by atoms with Gasteiger partial charge < -0.3 is 9.80 Å². The Morgan fingerprint density at radius 1 is 1.13 bits per heavy atom. The number of amides is 3. The van der Waals surface area contributed by atoms with Crippen molar-refractivity contribution in [3.63, 3.8) is 0 Å². The van der Waals surface area contributed by atoms with Gasteiger partial charge in [-0.15, -0.1) is 0 Å². The van der Waals surface area contributed by atoms with E-state index in [1.165, 1.54) is 51.1 Å². The summed E-state index contributed by atoms with van der Waals surface area (Å²) in [5.74, 6) is -1.47. The summed E-state index contributed by atoms with van der Waals surface area (Å²) >= 11 is 12.0. The largest absolute Gasteiger partial charge is 0.327 e. The lowest BCUT2D eigenvalue weighted by Crippen LogP contribution is -2.45. The maximum Gasteiger partial charge on any atom is 0.256 e. The number of hydrogen-bond donors (Lipinski definition) is 0. The highest BCUT2D eigenvalue weighted by molar-refractivity contribution is 6.36. The number of rotatable bonds is 5. The average molecular weight is 452 g/mol. The Labute approximate surface area is 183 Å². The van der Waals surface area contributed by atoms with Crippen LogP contribution in [0.4, 0.5) is 10.1 Å². The van der Waals surface area contributed by atoms with Crippen LogP contribution in [0, 0.1) is 5.82 Å². The van der Waals surface area contributed by atoms with Gasteiger partial charge in [-0.2, -0.15) is 0 Å². The van der Waals surface area contributed by atoms with Crippen LogP contribution in [0.2, 0.25) is 10.0 Å². The molecule has 158 valence electrons. The second kappa shape index (κ2) is 9.02. The Kier molecular flexibility index (Phi) is 6.63. The summed E-state index contributed by atoms with van der Waals surface area (Å²) in [5, 5.41) is 0.602. The highest BCUT2D eigenvalue weighted by Crippen LogP contribution is 2.24. The van der Waals surface area contributed by atoms with Crippen LogP contribution in [-0.2, 0) is 9.59 Å². The van der Waals surface area contributed by atoms with Gasteiger partial charge in [0, 0.05) is 16.8 Å². The van der Waals surface area contributed by atoms with Crippen molar-refractivity contribution in [3.05, 3.63) is 63.9 Å². The van der Waals surface area contributed by atoms with E-state index in [2.05, 4.69) is 0 Å². The molecule has 30 heavy (non-hydrogen) atoms. The third-order valence-corrected chi connectivity index (χ3v) is 5.33. The van der Waals surface area contributed by atoms with Gasteiger partial charge in [0.15, 0.2) is 0 Å². The van der Waals surface area contributed by atoms with Gasteiger partial charge in [0.2, 0.25) is 11.8 Å². The number of carbonyl (C=O) groups excluding carboxylic acids is 3. The van der Waals surface area contributed by atoms with Gasteiger partial charge in [0.1, 0.15) is 25.6 Å². The molecule has 1 aliphatic heterocycles. The Morgan fingerprint density at radius 3 is 2.40 bits per heavy atom. The van der Waals surface area contributed by atoms with Crippen LogP contribution in [0.3, 0.4) is 0 Å². The molecular formula is C21H20Cl2FN3O3. The number of nitrogens with zero attached hydrogens (tertiary/aromatic N) is 3. The van der Waals surface area contributed by atoms with E-state index < -0.39 is 11.7 Å². The Bertz CT molecular complexity index is 982. The Hall–Kier alpha value is -2.64. The van der Waals surface area contributed by atoms with Crippen molar-refractivity contribution >= 4 is 46.6 Å². The summed E-state index contributed by atoms with van der Waals surface area (Å²) in [7, 11) is 0. The zero-order valence-corrected chi connectivity index (χ0v) is 18.0. The minimum absolute atomic E-state index is 0.0329. The van der Waals surface area contributed by atoms with Crippen LogP contribution in [0.1, 0.15) is 24.2 Å². The topological polar surface area (TPSA) is 60.9 Å². The SMILES string of the molecule is CC(C)N(CC(=O)N1CC(=O)N(c2ccc(F)cc2)C1)C(=O)c1ccc(Cl)cc1Cl. The van der Waals surface area contributed by atoms with Crippen molar-refractivity contribution in [2.45, 2.75) is 19.9 Å². The maximum atomic E-state index is 13.1. The fraction of sp³-hybridized carbons (Fsp3) is 0.286. The molecule has 0 N–H and O–H groups in total. The number of benzene rings is 2. The van der Waals surface area contributed by atoms with Gasteiger partial charge in [0.05, 0.1) is 10.6 Å². The molecule has 0 spiro atoms. The Balaban J connectivity index is 1.73. The molecule has 1 heterocycles. The van der Waals surface area contributed by atoms with Crippen molar-refractivity contribution in [1.29, 1.82) is 0 Å². The molecule has 3 rings (SSSR count). The molecule has 0 aliphatic carbocycles. The number of carbonyl (C=O) groups is 3. The van der Waals surface area contributed by atoms with Gasteiger partial charge in [-0.1, -0.05) is 23.2 Å². The summed E-state index contributed by atoms with van der Waals surface area (Å²) in [4.78, 5) is 42.3. The quantitative estimate of drug-likeness (QED) is 0.693. The van der Waals surface area contributed by atoms with Crippen molar-refractivity contribution in [3.8, 4) is 0 Å². The molecule has 0 radical (unpaired) electrons. The number of hydrogen-bond acceptors (Lipinski definition) is 3. The fourth-order valence-corrected chi connectivity index (χ4v) is 3.60. The van der Waals surface area contributed by atoms with Crippen LogP contribution in [0.25, 0.3) is 0 Å². The van der Waals surface area contributed by atoms with E-state index in [-0.39, 0.29) is 48.2 Å². The molecule has 0 unspecified atom stereocenters. The molecule has 0 aromatic heterocycles. The smallest absolute Gasteiger partial charge is 0.256 e. The summed E-state index contributed by atoms with van der Waals surface area (Å²) in [6.07, 6.45) is 0. The highest BCUT2D eigenvalue weighted by atomic mass is 35.5. The molecule has 1 fully saturated rings. The fourth-order valence-electron chi connectivity index (χ4n) is 3.11. The molecule has 3 amide bonds. The van der Waals surface area contributed by atoms with Gasteiger partial charge in [-0.25, -0.2) is 4.39 Å². The lowest BCUT2D eigenvalue weighted by molar-refractivity contribution is -0.132. The van der Waals surface area contributed by atoms with E-state index in [1.807, 2.05) is 0 Å². The summed E-state index contributed by atoms with van der Waals surface area (Å²) in [6, 6.07) is 9.73. The van der Waals surface area contributed by atoms with Gasteiger partial charge in [0.25, 0.3) is 5.91 Å². The summed E-state index contributed by atoms with van der Waals surface area (Å²) in [6.45, 7) is 3.28. The van der Waals surface area contributed by atoms with Gasteiger partial charge in [-0.3, -0.25) is 19.3 Å². The average Bonchev–Trinajstić information content (AvgIpc) is 3.07. The summed E-state index contributed by atoms with van der Waals surface area (Å²) < 4.78 is 13.1. The molecule has 2 aromatic rings. The third kappa shape index (κ3) is 4.74. The molecule has 9 heteroatoms. The minimum atomic E-state index is -0.412. The first-order valence-corrected chi connectivity index (χ1v) is 10.0. The third-order valence-electron chi connectivity index (χ3n) is 4.78. The molecule has 0 atom stereocenters. The van der Waals surface area contributed by atoms with E-state index in [0.29, 0.717) is 10.7 Å². The van der Waals surface area contributed by atoms with Crippen LogP contribution in [0.5, 0.6) is 0 Å². The molecular weight excluding hydrogens is 432 g/mol. The van der Waals surface area contributed by atoms with Crippen molar-refractivity contribution in [2.75, 3.05) is 24.7 Å². The standard InChI is InChI=1S/C21H20Cl2FN3O3/c1-13(2)26(21(30)17-8-3-14(22)9-18(17)23)11-19(28)25-10-20(29)27(12-25)16-6-4-15(24)5-7-16/h3-9,13H,10-12H2,1-2H3. The summed E-state index contributed by atoms with van der Waals surface area (Å²) in [5.41, 5.74) is 0.745. The predicted molar refractivity (Wildman–Crippen MR) is 113 cm³/mol. The van der Waals surface area contributed by atoms with Crippen LogP contribution < -0.4 is 4.90 Å². The van der Waals surface area contributed by atoms with E-state index in [0.717, 1.165) is 0 Å². The zero-order valence-electron chi connectivity index (χ0n) is 16.4. The predicted octanol–water partition coefficient (Wildman–Crippen LogP) is 3.82. The minimum Gasteiger partial charge on any atom is -0.327 e. The number of anilines is 1. The van der Waals surface area contributed by atoms with Crippen molar-refractivity contribution < 1.29 is 18.8 Å².